The number of alkyl halides is 1. The summed E-state index contributed by atoms with van der Waals surface area (Å²) in [6.07, 6.45) is 5.84. The lowest BCUT2D eigenvalue weighted by atomic mass is 9.84. The zero-order chi connectivity index (χ0) is 13.1. The van der Waals surface area contributed by atoms with Crippen LogP contribution in [0.4, 0.5) is 5.69 Å². The lowest BCUT2D eigenvalue weighted by molar-refractivity contribution is -0.384. The summed E-state index contributed by atoms with van der Waals surface area (Å²) in [4.78, 5) is 10.8. The quantitative estimate of drug-likeness (QED) is 0.455. The molecular formula is C13H15BrClNO2. The van der Waals surface area contributed by atoms with Crippen LogP contribution >= 0.6 is 27.5 Å². The number of nitro groups is 1. The van der Waals surface area contributed by atoms with Gasteiger partial charge in [-0.15, -0.1) is 0 Å². The monoisotopic (exact) mass is 331 g/mol. The molecule has 1 saturated carbocycles. The Kier molecular flexibility index (Phi) is 4.62. The molecule has 0 aromatic heterocycles. The first kappa shape index (κ1) is 13.8. The second kappa shape index (κ2) is 6.02. The van der Waals surface area contributed by atoms with E-state index in [9.17, 15) is 10.1 Å². The molecule has 1 fully saturated rings. The van der Waals surface area contributed by atoms with Crippen molar-refractivity contribution in [2.24, 2.45) is 5.92 Å². The zero-order valence-electron chi connectivity index (χ0n) is 9.94. The highest BCUT2D eigenvalue weighted by atomic mass is 79.9. The molecule has 98 valence electrons. The molecule has 2 unspecified atom stereocenters. The van der Waals surface area contributed by atoms with E-state index in [2.05, 4.69) is 15.9 Å². The SMILES string of the molecule is O=[N+]([O-])c1ccc(CC2CCCCC2Br)c(Cl)c1. The molecule has 1 aromatic carbocycles. The molecule has 0 amide bonds. The van der Waals surface area contributed by atoms with Gasteiger partial charge in [0, 0.05) is 17.0 Å². The third-order valence-electron chi connectivity index (χ3n) is 3.55. The third-order valence-corrected chi connectivity index (χ3v) is 5.10. The van der Waals surface area contributed by atoms with Crippen molar-refractivity contribution < 1.29 is 4.92 Å². The predicted molar refractivity (Wildman–Crippen MR) is 76.5 cm³/mol. The number of non-ortho nitro benzene ring substituents is 1. The van der Waals surface area contributed by atoms with Crippen LogP contribution in [0.1, 0.15) is 31.2 Å². The van der Waals surface area contributed by atoms with Crippen LogP contribution in [0.3, 0.4) is 0 Å². The van der Waals surface area contributed by atoms with Gasteiger partial charge < -0.3 is 0 Å². The number of benzene rings is 1. The molecular weight excluding hydrogens is 318 g/mol. The van der Waals surface area contributed by atoms with Crippen LogP contribution in [0, 0.1) is 16.0 Å². The number of hydrogen-bond acceptors (Lipinski definition) is 2. The van der Waals surface area contributed by atoms with Crippen molar-refractivity contribution in [2.75, 3.05) is 0 Å². The Hall–Kier alpha value is -0.610. The maximum atomic E-state index is 10.6. The molecule has 18 heavy (non-hydrogen) atoms. The van der Waals surface area contributed by atoms with Gasteiger partial charge in [0.05, 0.1) is 9.95 Å². The minimum absolute atomic E-state index is 0.0581. The van der Waals surface area contributed by atoms with Crippen LogP contribution in [0.15, 0.2) is 18.2 Å². The van der Waals surface area contributed by atoms with Crippen molar-refractivity contribution in [2.45, 2.75) is 36.9 Å². The van der Waals surface area contributed by atoms with Gasteiger partial charge in [-0.05, 0) is 30.7 Å². The largest absolute Gasteiger partial charge is 0.270 e. The predicted octanol–water partition coefficient (Wildman–Crippen LogP) is 4.74. The molecule has 0 aliphatic heterocycles. The molecule has 0 radical (unpaired) electrons. The smallest absolute Gasteiger partial charge is 0.258 e. The van der Waals surface area contributed by atoms with Crippen molar-refractivity contribution in [1.82, 2.24) is 0 Å². The van der Waals surface area contributed by atoms with Crippen molar-refractivity contribution >= 4 is 33.2 Å². The summed E-state index contributed by atoms with van der Waals surface area (Å²) >= 11 is 9.84. The minimum atomic E-state index is -0.413. The molecule has 0 heterocycles. The van der Waals surface area contributed by atoms with Crippen molar-refractivity contribution in [3.63, 3.8) is 0 Å². The maximum Gasteiger partial charge on any atom is 0.270 e. The molecule has 1 aliphatic carbocycles. The molecule has 3 nitrogen and oxygen atoms in total. The molecule has 0 saturated heterocycles. The lowest BCUT2D eigenvalue weighted by Gasteiger charge is -2.27. The molecule has 2 rings (SSSR count). The first-order valence-corrected chi connectivity index (χ1v) is 7.44. The standard InChI is InChI=1S/C13H15BrClNO2/c14-12-4-2-1-3-9(12)7-10-5-6-11(16(17)18)8-13(10)15/h5-6,8-9,12H,1-4,7H2. The van der Waals surface area contributed by atoms with Crippen LogP contribution in [-0.2, 0) is 6.42 Å². The van der Waals surface area contributed by atoms with E-state index in [0.29, 0.717) is 15.8 Å². The molecule has 0 bridgehead atoms. The number of nitro benzene ring substituents is 1. The van der Waals surface area contributed by atoms with E-state index in [1.165, 1.54) is 37.8 Å². The van der Waals surface area contributed by atoms with E-state index in [1.807, 2.05) is 0 Å². The third kappa shape index (κ3) is 3.23. The van der Waals surface area contributed by atoms with Gasteiger partial charge in [0.1, 0.15) is 0 Å². The Bertz CT molecular complexity index is 453. The Morgan fingerprint density at radius 3 is 2.72 bits per heavy atom. The number of halogens is 2. The fourth-order valence-corrected chi connectivity index (χ4v) is 3.52. The Labute approximate surface area is 120 Å². The van der Waals surface area contributed by atoms with E-state index in [4.69, 9.17) is 11.6 Å². The summed E-state index contributed by atoms with van der Waals surface area (Å²) < 4.78 is 0. The van der Waals surface area contributed by atoms with E-state index >= 15 is 0 Å². The average Bonchev–Trinajstić information content (AvgIpc) is 2.34. The highest BCUT2D eigenvalue weighted by Crippen LogP contribution is 2.34. The van der Waals surface area contributed by atoms with Crippen LogP contribution in [0.25, 0.3) is 0 Å². The molecule has 0 N–H and O–H groups in total. The first-order chi connectivity index (χ1) is 8.58. The second-order valence-electron chi connectivity index (χ2n) is 4.80. The fourth-order valence-electron chi connectivity index (χ4n) is 2.49. The van der Waals surface area contributed by atoms with Gasteiger partial charge in [-0.3, -0.25) is 10.1 Å². The van der Waals surface area contributed by atoms with Gasteiger partial charge in [0.2, 0.25) is 0 Å². The van der Waals surface area contributed by atoms with E-state index in [1.54, 1.807) is 6.07 Å². The van der Waals surface area contributed by atoms with Crippen LogP contribution in [0.2, 0.25) is 5.02 Å². The highest BCUT2D eigenvalue weighted by molar-refractivity contribution is 9.09. The van der Waals surface area contributed by atoms with Gasteiger partial charge in [-0.25, -0.2) is 0 Å². The minimum Gasteiger partial charge on any atom is -0.258 e. The van der Waals surface area contributed by atoms with Crippen molar-refractivity contribution in [1.29, 1.82) is 0 Å². The molecule has 1 aromatic rings. The van der Waals surface area contributed by atoms with Crippen LogP contribution < -0.4 is 0 Å². The second-order valence-corrected chi connectivity index (χ2v) is 6.38. The van der Waals surface area contributed by atoms with Crippen molar-refractivity contribution in [3.8, 4) is 0 Å². The molecule has 0 spiro atoms. The summed E-state index contributed by atoms with van der Waals surface area (Å²) in [6.45, 7) is 0. The van der Waals surface area contributed by atoms with E-state index in [-0.39, 0.29) is 5.69 Å². The van der Waals surface area contributed by atoms with Crippen molar-refractivity contribution in [3.05, 3.63) is 38.9 Å². The zero-order valence-corrected chi connectivity index (χ0v) is 12.3. The topological polar surface area (TPSA) is 43.1 Å². The average molecular weight is 333 g/mol. The Morgan fingerprint density at radius 1 is 1.39 bits per heavy atom. The van der Waals surface area contributed by atoms with Gasteiger partial charge in [-0.2, -0.15) is 0 Å². The Morgan fingerprint density at radius 2 is 2.11 bits per heavy atom. The maximum absolute atomic E-state index is 10.6. The van der Waals surface area contributed by atoms with Gasteiger partial charge >= 0.3 is 0 Å². The highest BCUT2D eigenvalue weighted by Gasteiger charge is 2.24. The molecule has 5 heteroatoms. The number of rotatable bonds is 3. The van der Waals surface area contributed by atoms with Gasteiger partial charge in [0.25, 0.3) is 5.69 Å². The summed E-state index contributed by atoms with van der Waals surface area (Å²) in [5, 5.41) is 11.2. The van der Waals surface area contributed by atoms with Gasteiger partial charge in [-0.1, -0.05) is 46.4 Å². The summed E-state index contributed by atoms with van der Waals surface area (Å²) in [7, 11) is 0. The Balaban J connectivity index is 2.11. The lowest BCUT2D eigenvalue weighted by Crippen LogP contribution is -2.21. The van der Waals surface area contributed by atoms with Crippen LogP contribution in [-0.4, -0.2) is 9.75 Å². The van der Waals surface area contributed by atoms with Gasteiger partial charge in [0.15, 0.2) is 0 Å². The molecule has 2 atom stereocenters. The molecule has 1 aliphatic rings. The summed E-state index contributed by atoms with van der Waals surface area (Å²) in [6, 6.07) is 4.77. The van der Waals surface area contributed by atoms with E-state index < -0.39 is 4.92 Å². The number of nitrogens with zero attached hydrogens (tertiary/aromatic N) is 1. The van der Waals surface area contributed by atoms with Crippen LogP contribution in [0.5, 0.6) is 0 Å². The summed E-state index contributed by atoms with van der Waals surface area (Å²) in [5.41, 5.74) is 1.07. The summed E-state index contributed by atoms with van der Waals surface area (Å²) in [5.74, 6) is 0.581. The van der Waals surface area contributed by atoms with E-state index in [0.717, 1.165) is 12.0 Å². The first-order valence-electron chi connectivity index (χ1n) is 6.15. The number of hydrogen-bond donors (Lipinski definition) is 0. The normalized spacial score (nSPS) is 23.9. The fraction of sp³-hybridized carbons (Fsp3) is 0.538.